The van der Waals surface area contributed by atoms with E-state index < -0.39 is 0 Å². The average Bonchev–Trinajstić information content (AvgIpc) is 2.54. The maximum Gasteiger partial charge on any atom is 0.188 e. The molecule has 2 aromatic carbocycles. The van der Waals surface area contributed by atoms with Crippen LogP contribution < -0.4 is 15.8 Å². The van der Waals surface area contributed by atoms with E-state index in [0.29, 0.717) is 25.7 Å². The minimum atomic E-state index is 0. The van der Waals surface area contributed by atoms with Crippen molar-refractivity contribution in [2.75, 3.05) is 26.9 Å². The molecule has 0 aliphatic heterocycles. The maximum atomic E-state index is 5.80. The van der Waals surface area contributed by atoms with Gasteiger partial charge in [-0.2, -0.15) is 0 Å². The number of fused-ring (bicyclic) bond motifs is 1. The molecular weight excluding hydrogens is 417 g/mol. The lowest BCUT2D eigenvalue weighted by atomic mass is 10.1. The van der Waals surface area contributed by atoms with Crippen molar-refractivity contribution >= 4 is 40.7 Å². The van der Waals surface area contributed by atoms with Crippen LogP contribution >= 0.6 is 24.0 Å². The van der Waals surface area contributed by atoms with Crippen LogP contribution in [0.15, 0.2) is 47.5 Å². The fraction of sp³-hybridized carbons (Fsp3) is 0.389. The summed E-state index contributed by atoms with van der Waals surface area (Å²) in [4.78, 5) is 4.28. The summed E-state index contributed by atoms with van der Waals surface area (Å²) >= 11 is 0. The molecule has 0 aliphatic carbocycles. The zero-order valence-electron chi connectivity index (χ0n) is 14.2. The lowest BCUT2D eigenvalue weighted by molar-refractivity contribution is 0.179. The number of ether oxygens (including phenoxy) is 2. The molecule has 24 heavy (non-hydrogen) atoms. The molecule has 1 unspecified atom stereocenters. The summed E-state index contributed by atoms with van der Waals surface area (Å²) in [5.74, 6) is 1.33. The standard InChI is InChI=1S/C18H25N3O2.HI/c1-14(13-22-2)21-18(19)20-10-5-11-23-17-9-8-15-6-3-4-7-16(15)12-17;/h3-4,6-9,12,14H,5,10-11,13H2,1-2H3,(H3,19,20,21);1H. The highest BCUT2D eigenvalue weighted by Gasteiger charge is 2.01. The summed E-state index contributed by atoms with van der Waals surface area (Å²) < 4.78 is 10.8. The van der Waals surface area contributed by atoms with Crippen LogP contribution in [-0.4, -0.2) is 38.9 Å². The van der Waals surface area contributed by atoms with Crippen LogP contribution in [0, 0.1) is 0 Å². The largest absolute Gasteiger partial charge is 0.494 e. The van der Waals surface area contributed by atoms with Crippen molar-refractivity contribution in [2.24, 2.45) is 10.7 Å². The second kappa shape index (κ2) is 11.1. The molecule has 0 aliphatic rings. The quantitative estimate of drug-likeness (QED) is 0.285. The minimum Gasteiger partial charge on any atom is -0.494 e. The van der Waals surface area contributed by atoms with Gasteiger partial charge in [-0.25, -0.2) is 0 Å². The fourth-order valence-corrected chi connectivity index (χ4v) is 2.30. The molecule has 5 nitrogen and oxygen atoms in total. The van der Waals surface area contributed by atoms with Crippen molar-refractivity contribution < 1.29 is 9.47 Å². The predicted molar refractivity (Wildman–Crippen MR) is 110 cm³/mol. The number of guanidine groups is 1. The van der Waals surface area contributed by atoms with E-state index in [1.54, 1.807) is 7.11 Å². The van der Waals surface area contributed by atoms with Gasteiger partial charge in [-0.3, -0.25) is 4.99 Å². The van der Waals surface area contributed by atoms with Gasteiger partial charge >= 0.3 is 0 Å². The highest BCUT2D eigenvalue weighted by atomic mass is 127. The first-order chi connectivity index (χ1) is 11.2. The van der Waals surface area contributed by atoms with Gasteiger partial charge in [0, 0.05) is 26.1 Å². The molecule has 0 amide bonds. The topological polar surface area (TPSA) is 68.9 Å². The molecule has 0 saturated carbocycles. The number of nitrogens with two attached hydrogens (primary N) is 1. The molecule has 0 aromatic heterocycles. The number of halogens is 1. The minimum absolute atomic E-state index is 0. The Morgan fingerprint density at radius 3 is 2.71 bits per heavy atom. The van der Waals surface area contributed by atoms with Gasteiger partial charge < -0.3 is 20.5 Å². The second-order valence-electron chi connectivity index (χ2n) is 5.48. The van der Waals surface area contributed by atoms with Gasteiger partial charge in [0.05, 0.1) is 13.2 Å². The van der Waals surface area contributed by atoms with Crippen molar-refractivity contribution in [1.29, 1.82) is 0 Å². The van der Waals surface area contributed by atoms with Crippen molar-refractivity contribution in [3.63, 3.8) is 0 Å². The first-order valence-electron chi connectivity index (χ1n) is 7.86. The van der Waals surface area contributed by atoms with Crippen LogP contribution in [-0.2, 0) is 4.74 Å². The highest BCUT2D eigenvalue weighted by Crippen LogP contribution is 2.20. The maximum absolute atomic E-state index is 5.80. The molecule has 0 bridgehead atoms. The van der Waals surface area contributed by atoms with Gasteiger partial charge in [0.25, 0.3) is 0 Å². The van der Waals surface area contributed by atoms with Crippen molar-refractivity contribution in [2.45, 2.75) is 19.4 Å². The van der Waals surface area contributed by atoms with E-state index in [1.165, 1.54) is 10.8 Å². The lowest BCUT2D eigenvalue weighted by Gasteiger charge is -2.13. The number of hydrogen-bond donors (Lipinski definition) is 2. The van der Waals surface area contributed by atoms with Crippen LogP contribution in [0.25, 0.3) is 10.8 Å². The van der Waals surface area contributed by atoms with Crippen LogP contribution in [0.2, 0.25) is 0 Å². The summed E-state index contributed by atoms with van der Waals surface area (Å²) in [6.45, 7) is 3.84. The Balaban J connectivity index is 0.00000288. The SMILES string of the molecule is COCC(C)NC(N)=NCCCOc1ccc2ccccc2c1.I. The van der Waals surface area contributed by atoms with E-state index in [0.717, 1.165) is 12.2 Å². The normalized spacial score (nSPS) is 12.5. The van der Waals surface area contributed by atoms with Crippen molar-refractivity contribution in [1.82, 2.24) is 5.32 Å². The zero-order chi connectivity index (χ0) is 16.5. The summed E-state index contributed by atoms with van der Waals surface area (Å²) in [6, 6.07) is 14.5. The third-order valence-electron chi connectivity index (χ3n) is 3.39. The number of rotatable bonds is 8. The molecule has 0 saturated heterocycles. The Bertz CT molecular complexity index is 649. The van der Waals surface area contributed by atoms with E-state index >= 15 is 0 Å². The van der Waals surface area contributed by atoms with Crippen LogP contribution in [0.3, 0.4) is 0 Å². The third-order valence-corrected chi connectivity index (χ3v) is 3.39. The lowest BCUT2D eigenvalue weighted by Crippen LogP contribution is -2.40. The summed E-state index contributed by atoms with van der Waals surface area (Å²) in [5, 5.41) is 5.47. The number of nitrogens with zero attached hydrogens (tertiary/aromatic N) is 1. The Kier molecular flexibility index (Phi) is 9.48. The number of benzene rings is 2. The molecular formula is C18H26IN3O2. The molecule has 3 N–H and O–H groups in total. The van der Waals surface area contributed by atoms with E-state index in [9.17, 15) is 0 Å². The Hall–Kier alpha value is -1.54. The summed E-state index contributed by atoms with van der Waals surface area (Å²) in [5.41, 5.74) is 5.80. The zero-order valence-corrected chi connectivity index (χ0v) is 16.5. The van der Waals surface area contributed by atoms with Gasteiger partial charge in [0.15, 0.2) is 5.96 Å². The van der Waals surface area contributed by atoms with Gasteiger partial charge in [0.2, 0.25) is 0 Å². The molecule has 0 heterocycles. The van der Waals surface area contributed by atoms with Gasteiger partial charge in [0.1, 0.15) is 5.75 Å². The van der Waals surface area contributed by atoms with Crippen molar-refractivity contribution in [3.8, 4) is 5.75 Å². The Morgan fingerprint density at radius 1 is 1.21 bits per heavy atom. The molecule has 132 valence electrons. The number of aliphatic imine (C=N–C) groups is 1. The number of methoxy groups -OCH3 is 1. The van der Waals surface area contributed by atoms with Gasteiger partial charge in [-0.15, -0.1) is 24.0 Å². The van der Waals surface area contributed by atoms with E-state index in [1.807, 2.05) is 25.1 Å². The first kappa shape index (κ1) is 20.5. The molecule has 0 radical (unpaired) electrons. The monoisotopic (exact) mass is 443 g/mol. The average molecular weight is 443 g/mol. The number of nitrogens with one attached hydrogen (secondary N) is 1. The smallest absolute Gasteiger partial charge is 0.188 e. The first-order valence-corrected chi connectivity index (χ1v) is 7.86. The van der Waals surface area contributed by atoms with E-state index in [-0.39, 0.29) is 30.0 Å². The van der Waals surface area contributed by atoms with Gasteiger partial charge in [-0.05, 0) is 29.8 Å². The van der Waals surface area contributed by atoms with Crippen LogP contribution in [0.4, 0.5) is 0 Å². The molecule has 6 heteroatoms. The fourth-order valence-electron chi connectivity index (χ4n) is 2.30. The molecule has 2 rings (SSSR count). The van der Waals surface area contributed by atoms with Crippen molar-refractivity contribution in [3.05, 3.63) is 42.5 Å². The van der Waals surface area contributed by atoms with Crippen LogP contribution in [0.5, 0.6) is 5.75 Å². The van der Waals surface area contributed by atoms with E-state index in [4.69, 9.17) is 15.2 Å². The number of hydrogen-bond acceptors (Lipinski definition) is 3. The summed E-state index contributed by atoms with van der Waals surface area (Å²) in [6.07, 6.45) is 0.813. The third kappa shape index (κ3) is 6.92. The molecule has 2 aromatic rings. The van der Waals surface area contributed by atoms with Crippen LogP contribution in [0.1, 0.15) is 13.3 Å². The highest BCUT2D eigenvalue weighted by molar-refractivity contribution is 14.0. The van der Waals surface area contributed by atoms with E-state index in [2.05, 4.69) is 34.6 Å². The molecule has 1 atom stereocenters. The van der Waals surface area contributed by atoms with Gasteiger partial charge in [-0.1, -0.05) is 30.3 Å². The Morgan fingerprint density at radius 2 is 1.96 bits per heavy atom. The Labute approximate surface area is 160 Å². The second-order valence-corrected chi connectivity index (χ2v) is 5.48. The molecule has 0 spiro atoms. The predicted octanol–water partition coefficient (Wildman–Crippen LogP) is 3.17. The molecule has 0 fully saturated rings. The summed E-state index contributed by atoms with van der Waals surface area (Å²) in [7, 11) is 1.66.